The standard InChI is InChI=1S/C18H25N5O3/c1-2-22-14-5-3-4-6-15(14)23(18(22)26)12-17(25)20-13-7-9-21(10-8-13)11-16(19)24/h3-6,13H,2,7-12H2,1H3,(H2,19,24)(H,20,25). The fourth-order valence-corrected chi connectivity index (χ4v) is 3.60. The van der Waals surface area contributed by atoms with Crippen LogP contribution in [0.2, 0.25) is 0 Å². The smallest absolute Gasteiger partial charge is 0.329 e. The monoisotopic (exact) mass is 359 g/mol. The molecular formula is C18H25N5O3. The first-order valence-corrected chi connectivity index (χ1v) is 8.97. The summed E-state index contributed by atoms with van der Waals surface area (Å²) in [6.07, 6.45) is 1.54. The Hall–Kier alpha value is -2.61. The number of likely N-dealkylation sites (tertiary alicyclic amines) is 1. The van der Waals surface area contributed by atoms with Gasteiger partial charge >= 0.3 is 5.69 Å². The topological polar surface area (TPSA) is 102 Å². The highest BCUT2D eigenvalue weighted by atomic mass is 16.2. The van der Waals surface area contributed by atoms with Crippen molar-refractivity contribution >= 4 is 22.8 Å². The number of nitrogens with zero attached hydrogens (tertiary/aromatic N) is 3. The number of nitrogens with one attached hydrogen (secondary N) is 1. The molecule has 140 valence electrons. The van der Waals surface area contributed by atoms with Gasteiger partial charge in [0, 0.05) is 25.7 Å². The number of amides is 2. The van der Waals surface area contributed by atoms with Gasteiger partial charge in [0.25, 0.3) is 0 Å². The van der Waals surface area contributed by atoms with E-state index >= 15 is 0 Å². The third kappa shape index (κ3) is 3.80. The fraction of sp³-hybridized carbons (Fsp3) is 0.500. The first-order chi connectivity index (χ1) is 12.5. The van der Waals surface area contributed by atoms with Crippen molar-refractivity contribution in [2.75, 3.05) is 19.6 Å². The number of rotatable bonds is 6. The zero-order valence-corrected chi connectivity index (χ0v) is 15.0. The number of benzene rings is 1. The molecule has 1 aromatic carbocycles. The van der Waals surface area contributed by atoms with Crippen LogP contribution in [0, 0.1) is 0 Å². The largest absolute Gasteiger partial charge is 0.369 e. The minimum Gasteiger partial charge on any atom is -0.369 e. The summed E-state index contributed by atoms with van der Waals surface area (Å²) in [4.78, 5) is 38.0. The molecule has 26 heavy (non-hydrogen) atoms. The number of hydrogen-bond donors (Lipinski definition) is 2. The van der Waals surface area contributed by atoms with E-state index in [1.807, 2.05) is 36.1 Å². The van der Waals surface area contributed by atoms with Gasteiger partial charge in [-0.2, -0.15) is 0 Å². The molecule has 8 heteroatoms. The van der Waals surface area contributed by atoms with Crippen LogP contribution in [0.3, 0.4) is 0 Å². The molecule has 0 atom stereocenters. The van der Waals surface area contributed by atoms with Gasteiger partial charge in [-0.1, -0.05) is 12.1 Å². The van der Waals surface area contributed by atoms with Crippen LogP contribution in [0.5, 0.6) is 0 Å². The van der Waals surface area contributed by atoms with E-state index in [-0.39, 0.29) is 36.6 Å². The van der Waals surface area contributed by atoms with E-state index in [1.165, 1.54) is 4.57 Å². The molecule has 2 aromatic rings. The van der Waals surface area contributed by atoms with E-state index in [9.17, 15) is 14.4 Å². The number of carbonyl (C=O) groups excluding carboxylic acids is 2. The predicted molar refractivity (Wildman–Crippen MR) is 98.7 cm³/mol. The van der Waals surface area contributed by atoms with Crippen molar-refractivity contribution in [3.05, 3.63) is 34.7 Å². The lowest BCUT2D eigenvalue weighted by Gasteiger charge is -2.31. The lowest BCUT2D eigenvalue weighted by molar-refractivity contribution is -0.123. The summed E-state index contributed by atoms with van der Waals surface area (Å²) in [6, 6.07) is 7.56. The molecule has 0 unspecified atom stereocenters. The maximum Gasteiger partial charge on any atom is 0.329 e. The lowest BCUT2D eigenvalue weighted by atomic mass is 10.1. The van der Waals surface area contributed by atoms with Crippen LogP contribution in [0.1, 0.15) is 19.8 Å². The van der Waals surface area contributed by atoms with Crippen LogP contribution >= 0.6 is 0 Å². The molecule has 1 fully saturated rings. The summed E-state index contributed by atoms with van der Waals surface area (Å²) in [5, 5.41) is 3.01. The number of hydrogen-bond acceptors (Lipinski definition) is 4. The molecule has 0 bridgehead atoms. The summed E-state index contributed by atoms with van der Waals surface area (Å²) >= 11 is 0. The Kier molecular flexibility index (Phi) is 5.41. The molecule has 1 aromatic heterocycles. The minimum absolute atomic E-state index is 0.00778. The van der Waals surface area contributed by atoms with Gasteiger partial charge in [0.2, 0.25) is 11.8 Å². The molecule has 1 aliphatic heterocycles. The van der Waals surface area contributed by atoms with Gasteiger partial charge < -0.3 is 11.1 Å². The van der Waals surface area contributed by atoms with Crippen LogP contribution in [-0.4, -0.2) is 51.5 Å². The van der Waals surface area contributed by atoms with Crippen molar-refractivity contribution in [1.29, 1.82) is 0 Å². The van der Waals surface area contributed by atoms with Crippen molar-refractivity contribution in [1.82, 2.24) is 19.4 Å². The summed E-state index contributed by atoms with van der Waals surface area (Å²) < 4.78 is 3.20. The SMILES string of the molecule is CCn1c(=O)n(CC(=O)NC2CCN(CC(N)=O)CC2)c2ccccc21. The normalized spacial score (nSPS) is 16.0. The first-order valence-electron chi connectivity index (χ1n) is 8.97. The summed E-state index contributed by atoms with van der Waals surface area (Å²) in [5.74, 6) is -0.501. The predicted octanol–water partition coefficient (Wildman–Crippen LogP) is -0.111. The number of nitrogens with two attached hydrogens (primary N) is 1. The molecule has 3 N–H and O–H groups in total. The van der Waals surface area contributed by atoms with Gasteiger partial charge in [0.05, 0.1) is 17.6 Å². The number of aryl methyl sites for hydroxylation is 1. The average Bonchev–Trinajstić information content (AvgIpc) is 2.88. The van der Waals surface area contributed by atoms with E-state index in [0.717, 1.165) is 37.0 Å². The molecular weight excluding hydrogens is 334 g/mol. The second-order valence-corrected chi connectivity index (χ2v) is 6.69. The zero-order valence-electron chi connectivity index (χ0n) is 15.0. The van der Waals surface area contributed by atoms with Gasteiger partial charge in [-0.25, -0.2) is 4.79 Å². The van der Waals surface area contributed by atoms with E-state index in [4.69, 9.17) is 5.73 Å². The number of para-hydroxylation sites is 2. The molecule has 2 amide bonds. The molecule has 2 heterocycles. The number of primary amides is 1. The maximum absolute atomic E-state index is 12.6. The first kappa shape index (κ1) is 18.2. The zero-order chi connectivity index (χ0) is 18.7. The fourth-order valence-electron chi connectivity index (χ4n) is 3.60. The minimum atomic E-state index is -0.334. The van der Waals surface area contributed by atoms with E-state index < -0.39 is 0 Å². The quantitative estimate of drug-likeness (QED) is 0.751. The number of aromatic nitrogens is 2. The van der Waals surface area contributed by atoms with Gasteiger partial charge in [0.1, 0.15) is 6.54 Å². The van der Waals surface area contributed by atoms with Crippen LogP contribution in [0.4, 0.5) is 0 Å². The van der Waals surface area contributed by atoms with Crippen molar-refractivity contribution in [2.24, 2.45) is 5.73 Å². The molecule has 0 aliphatic carbocycles. The van der Waals surface area contributed by atoms with E-state index in [2.05, 4.69) is 5.32 Å². The molecule has 0 radical (unpaired) electrons. The Morgan fingerprint density at radius 3 is 2.31 bits per heavy atom. The number of carbonyl (C=O) groups is 2. The van der Waals surface area contributed by atoms with Crippen molar-refractivity contribution < 1.29 is 9.59 Å². The van der Waals surface area contributed by atoms with Crippen LogP contribution in [0.25, 0.3) is 11.0 Å². The van der Waals surface area contributed by atoms with Crippen LogP contribution in [-0.2, 0) is 22.7 Å². The van der Waals surface area contributed by atoms with Crippen molar-refractivity contribution in [2.45, 2.75) is 38.9 Å². The number of imidazole rings is 1. The second kappa shape index (κ2) is 7.74. The third-order valence-corrected chi connectivity index (χ3v) is 4.88. The molecule has 1 saturated heterocycles. The highest BCUT2D eigenvalue weighted by molar-refractivity contribution is 5.81. The van der Waals surface area contributed by atoms with Crippen molar-refractivity contribution in [3.8, 4) is 0 Å². The molecule has 1 aliphatic rings. The van der Waals surface area contributed by atoms with Crippen LogP contribution in [0.15, 0.2) is 29.1 Å². The Labute approximate surface area is 151 Å². The van der Waals surface area contributed by atoms with Gasteiger partial charge in [0.15, 0.2) is 0 Å². The Morgan fingerprint density at radius 2 is 1.73 bits per heavy atom. The second-order valence-electron chi connectivity index (χ2n) is 6.69. The molecule has 0 spiro atoms. The van der Waals surface area contributed by atoms with Crippen LogP contribution < -0.4 is 16.7 Å². The summed E-state index contributed by atoms with van der Waals surface area (Å²) in [7, 11) is 0. The Balaban J connectivity index is 1.65. The van der Waals surface area contributed by atoms with E-state index in [0.29, 0.717) is 6.54 Å². The molecule has 8 nitrogen and oxygen atoms in total. The number of fused-ring (bicyclic) bond motifs is 1. The Bertz CT molecular complexity index is 861. The van der Waals surface area contributed by atoms with Gasteiger partial charge in [-0.15, -0.1) is 0 Å². The maximum atomic E-state index is 12.6. The lowest BCUT2D eigenvalue weighted by Crippen LogP contribution is -2.47. The van der Waals surface area contributed by atoms with Gasteiger partial charge in [-0.05, 0) is 31.9 Å². The van der Waals surface area contributed by atoms with Gasteiger partial charge in [-0.3, -0.25) is 23.6 Å². The van der Waals surface area contributed by atoms with Crippen molar-refractivity contribution in [3.63, 3.8) is 0 Å². The highest BCUT2D eigenvalue weighted by Gasteiger charge is 2.22. The van der Waals surface area contributed by atoms with E-state index in [1.54, 1.807) is 4.57 Å². The Morgan fingerprint density at radius 1 is 1.12 bits per heavy atom. The molecule has 3 rings (SSSR count). The average molecular weight is 359 g/mol. The highest BCUT2D eigenvalue weighted by Crippen LogP contribution is 2.13. The number of piperidine rings is 1. The summed E-state index contributed by atoms with van der Waals surface area (Å²) in [5.41, 5.74) is 6.66. The third-order valence-electron chi connectivity index (χ3n) is 4.88. The summed E-state index contributed by atoms with van der Waals surface area (Å²) in [6.45, 7) is 4.19. The molecule has 0 saturated carbocycles.